The number of hydrogen-bond acceptors (Lipinski definition) is 4. The van der Waals surface area contributed by atoms with Crippen LogP contribution in [0.2, 0.25) is 0 Å². The van der Waals surface area contributed by atoms with Gasteiger partial charge in [-0.2, -0.15) is 0 Å². The van der Waals surface area contributed by atoms with Gasteiger partial charge in [0.25, 0.3) is 0 Å². The molecule has 1 fully saturated rings. The molecule has 0 bridgehead atoms. The fourth-order valence-corrected chi connectivity index (χ4v) is 4.89. The quantitative estimate of drug-likeness (QED) is 0.902. The Labute approximate surface area is 113 Å². The van der Waals surface area contributed by atoms with Crippen LogP contribution in [0.3, 0.4) is 0 Å². The van der Waals surface area contributed by atoms with Gasteiger partial charge in [0.15, 0.2) is 9.84 Å². The maximum atomic E-state index is 13.9. The highest BCUT2D eigenvalue weighted by Gasteiger charge is 2.45. The predicted octanol–water partition coefficient (Wildman–Crippen LogP) is 1.17. The number of para-hydroxylation sites is 1. The molecule has 1 atom stereocenters. The molecular weight excluding hydrogens is 267 g/mol. The number of hydrogen-bond donors (Lipinski definition) is 1. The van der Waals surface area contributed by atoms with Gasteiger partial charge in [0.1, 0.15) is 5.82 Å². The lowest BCUT2D eigenvalue weighted by Gasteiger charge is -2.41. The summed E-state index contributed by atoms with van der Waals surface area (Å²) in [6.45, 7) is 2.61. The zero-order valence-electron chi connectivity index (χ0n) is 11.0. The molecule has 0 aliphatic carbocycles. The summed E-state index contributed by atoms with van der Waals surface area (Å²) >= 11 is 0. The highest BCUT2D eigenvalue weighted by molar-refractivity contribution is 7.91. The van der Waals surface area contributed by atoms with Crippen LogP contribution in [0.5, 0.6) is 0 Å². The fraction of sp³-hybridized carbons (Fsp3) is 0.538. The smallest absolute Gasteiger partial charge is 0.152 e. The van der Waals surface area contributed by atoms with Crippen molar-refractivity contribution < 1.29 is 12.8 Å². The van der Waals surface area contributed by atoms with E-state index >= 15 is 0 Å². The average Bonchev–Trinajstić information content (AvgIpc) is 2.70. The van der Waals surface area contributed by atoms with Gasteiger partial charge in [-0.25, -0.2) is 12.8 Å². The lowest BCUT2D eigenvalue weighted by Crippen LogP contribution is -2.55. The van der Waals surface area contributed by atoms with Crippen molar-refractivity contribution in [2.24, 2.45) is 5.73 Å². The van der Waals surface area contributed by atoms with Gasteiger partial charge in [0.05, 0.1) is 22.7 Å². The summed E-state index contributed by atoms with van der Waals surface area (Å²) in [4.78, 5) is 1.80. The third kappa shape index (κ3) is 2.60. The van der Waals surface area contributed by atoms with Crippen molar-refractivity contribution in [2.45, 2.75) is 18.9 Å². The first-order valence-corrected chi connectivity index (χ1v) is 8.19. The van der Waals surface area contributed by atoms with Crippen LogP contribution in [0.15, 0.2) is 24.3 Å². The summed E-state index contributed by atoms with van der Waals surface area (Å²) in [5.74, 6) is -0.227. The molecule has 106 valence electrons. The van der Waals surface area contributed by atoms with E-state index in [0.717, 1.165) is 0 Å². The molecule has 19 heavy (non-hydrogen) atoms. The molecule has 1 saturated heterocycles. The van der Waals surface area contributed by atoms with E-state index in [2.05, 4.69) is 0 Å². The average molecular weight is 286 g/mol. The van der Waals surface area contributed by atoms with E-state index in [-0.39, 0.29) is 23.9 Å². The number of nitrogens with zero attached hydrogens (tertiary/aromatic N) is 1. The van der Waals surface area contributed by atoms with E-state index < -0.39 is 15.4 Å². The Morgan fingerprint density at radius 3 is 2.58 bits per heavy atom. The van der Waals surface area contributed by atoms with Crippen LogP contribution in [0.1, 0.15) is 13.3 Å². The van der Waals surface area contributed by atoms with Crippen LogP contribution in [-0.4, -0.2) is 38.6 Å². The van der Waals surface area contributed by atoms with E-state index in [9.17, 15) is 12.8 Å². The number of halogens is 1. The van der Waals surface area contributed by atoms with Crippen LogP contribution in [0, 0.1) is 5.82 Å². The molecule has 0 radical (unpaired) electrons. The third-order valence-electron chi connectivity index (χ3n) is 3.78. The predicted molar refractivity (Wildman–Crippen MR) is 74.5 cm³/mol. The second-order valence-electron chi connectivity index (χ2n) is 4.97. The van der Waals surface area contributed by atoms with Gasteiger partial charge in [-0.05, 0) is 25.5 Å². The molecule has 1 aromatic carbocycles. The van der Waals surface area contributed by atoms with Gasteiger partial charge in [-0.15, -0.1) is 0 Å². The monoisotopic (exact) mass is 286 g/mol. The number of nitrogens with two attached hydrogens (primary N) is 1. The van der Waals surface area contributed by atoms with Crippen LogP contribution < -0.4 is 10.6 Å². The van der Waals surface area contributed by atoms with Crippen molar-refractivity contribution in [3.05, 3.63) is 30.1 Å². The molecule has 0 aromatic heterocycles. The minimum atomic E-state index is -3.09. The normalized spacial score (nSPS) is 25.4. The molecule has 0 saturated carbocycles. The van der Waals surface area contributed by atoms with Crippen LogP contribution >= 0.6 is 0 Å². The van der Waals surface area contributed by atoms with Gasteiger partial charge in [-0.1, -0.05) is 12.1 Å². The number of rotatable bonds is 4. The van der Waals surface area contributed by atoms with E-state index in [1.165, 1.54) is 6.07 Å². The highest BCUT2D eigenvalue weighted by atomic mass is 32.2. The minimum absolute atomic E-state index is 0.00132. The number of likely N-dealkylation sites (N-methyl/N-ethyl adjacent to an activating group) is 1. The van der Waals surface area contributed by atoms with E-state index in [4.69, 9.17) is 5.73 Å². The Morgan fingerprint density at radius 1 is 1.42 bits per heavy atom. The Bertz CT molecular complexity index is 562. The molecule has 1 aliphatic rings. The van der Waals surface area contributed by atoms with Gasteiger partial charge >= 0.3 is 0 Å². The molecule has 1 aliphatic heterocycles. The van der Waals surface area contributed by atoms with Crippen molar-refractivity contribution in [1.82, 2.24) is 0 Å². The van der Waals surface area contributed by atoms with Crippen molar-refractivity contribution in [2.75, 3.05) is 29.5 Å². The fourth-order valence-electron chi connectivity index (χ4n) is 2.82. The largest absolute Gasteiger partial charge is 0.361 e. The molecule has 1 unspecified atom stereocenters. The van der Waals surface area contributed by atoms with Gasteiger partial charge in [0.2, 0.25) is 0 Å². The van der Waals surface area contributed by atoms with Crippen molar-refractivity contribution in [1.29, 1.82) is 0 Å². The summed E-state index contributed by atoms with van der Waals surface area (Å²) in [5.41, 5.74) is 5.56. The molecule has 2 N–H and O–H groups in total. The molecule has 1 aromatic rings. The maximum Gasteiger partial charge on any atom is 0.152 e. The van der Waals surface area contributed by atoms with Crippen molar-refractivity contribution >= 4 is 15.5 Å². The molecular formula is C13H19FN2O2S. The Hall–Kier alpha value is -1.14. The molecule has 1 heterocycles. The van der Waals surface area contributed by atoms with Gasteiger partial charge in [0, 0.05) is 13.1 Å². The highest BCUT2D eigenvalue weighted by Crippen LogP contribution is 2.34. The SMILES string of the molecule is CCN(c1ccccc1F)C1(CN)CCS(=O)(=O)C1. The minimum Gasteiger partial charge on any atom is -0.361 e. The molecule has 0 spiro atoms. The Kier molecular flexibility index (Phi) is 3.82. The van der Waals surface area contributed by atoms with Crippen molar-refractivity contribution in [3.8, 4) is 0 Å². The summed E-state index contributed by atoms with van der Waals surface area (Å²) in [6.07, 6.45) is 0.452. The standard InChI is InChI=1S/C13H19FN2O2S/c1-2-16(12-6-4-3-5-11(12)14)13(9-15)7-8-19(17,18)10-13/h3-6H,2,7-10,15H2,1H3. The summed E-state index contributed by atoms with van der Waals surface area (Å²) in [7, 11) is -3.09. The molecule has 0 amide bonds. The Balaban J connectivity index is 2.44. The summed E-state index contributed by atoms with van der Waals surface area (Å²) < 4.78 is 37.5. The maximum absolute atomic E-state index is 13.9. The number of anilines is 1. The van der Waals surface area contributed by atoms with E-state index in [1.807, 2.05) is 6.92 Å². The number of benzene rings is 1. The lowest BCUT2D eigenvalue weighted by atomic mass is 9.95. The molecule has 4 nitrogen and oxygen atoms in total. The summed E-state index contributed by atoms with van der Waals surface area (Å²) in [6, 6.07) is 6.41. The zero-order chi connectivity index (χ0) is 14.1. The first kappa shape index (κ1) is 14.3. The van der Waals surface area contributed by atoms with Crippen LogP contribution in [-0.2, 0) is 9.84 Å². The first-order valence-electron chi connectivity index (χ1n) is 6.37. The van der Waals surface area contributed by atoms with E-state index in [1.54, 1.807) is 23.1 Å². The molecule has 6 heteroatoms. The van der Waals surface area contributed by atoms with Crippen LogP contribution in [0.25, 0.3) is 0 Å². The topological polar surface area (TPSA) is 63.4 Å². The zero-order valence-corrected chi connectivity index (χ0v) is 11.8. The van der Waals surface area contributed by atoms with Crippen LogP contribution in [0.4, 0.5) is 10.1 Å². The van der Waals surface area contributed by atoms with Gasteiger partial charge in [-0.3, -0.25) is 0 Å². The van der Waals surface area contributed by atoms with E-state index in [0.29, 0.717) is 18.7 Å². The first-order chi connectivity index (χ1) is 8.94. The lowest BCUT2D eigenvalue weighted by molar-refractivity contribution is 0.437. The third-order valence-corrected chi connectivity index (χ3v) is 5.58. The second kappa shape index (κ2) is 5.09. The van der Waals surface area contributed by atoms with Crippen molar-refractivity contribution in [3.63, 3.8) is 0 Å². The van der Waals surface area contributed by atoms with Gasteiger partial charge < -0.3 is 10.6 Å². The summed E-state index contributed by atoms with van der Waals surface area (Å²) in [5, 5.41) is 0. The second-order valence-corrected chi connectivity index (χ2v) is 7.15. The number of sulfone groups is 1. The molecule has 2 rings (SSSR count). The Morgan fingerprint density at radius 2 is 2.11 bits per heavy atom.